The van der Waals surface area contributed by atoms with Crippen LogP contribution in [0.5, 0.6) is 0 Å². The molecule has 0 saturated heterocycles. The van der Waals surface area contributed by atoms with E-state index < -0.39 is 0 Å². The molecule has 4 N–H and O–H groups in total. The van der Waals surface area contributed by atoms with Crippen molar-refractivity contribution in [3.8, 4) is 0 Å². The Balaban J connectivity index is 1.45. The predicted molar refractivity (Wildman–Crippen MR) is 124 cm³/mol. The van der Waals surface area contributed by atoms with Gasteiger partial charge in [-0.2, -0.15) is 0 Å². The van der Waals surface area contributed by atoms with Crippen molar-refractivity contribution in [3.05, 3.63) is 71.8 Å². The van der Waals surface area contributed by atoms with Crippen LogP contribution in [0.15, 0.2) is 60.7 Å². The van der Waals surface area contributed by atoms with Crippen LogP contribution >= 0.6 is 24.4 Å². The van der Waals surface area contributed by atoms with Crippen molar-refractivity contribution < 1.29 is 0 Å². The van der Waals surface area contributed by atoms with Gasteiger partial charge in [-0.3, -0.25) is 0 Å². The Kier molecular flexibility index (Phi) is 8.06. The van der Waals surface area contributed by atoms with Crippen molar-refractivity contribution in [3.63, 3.8) is 0 Å². The van der Waals surface area contributed by atoms with Gasteiger partial charge in [0.15, 0.2) is 10.2 Å². The van der Waals surface area contributed by atoms with Crippen molar-refractivity contribution in [2.24, 2.45) is 0 Å². The van der Waals surface area contributed by atoms with Crippen LogP contribution in [-0.4, -0.2) is 22.3 Å². The SMILES string of the molecule is S=C(NCc1ccccc1)NC1CCCCC1NC(=S)NCc1ccccc1. The maximum atomic E-state index is 5.52. The van der Waals surface area contributed by atoms with Gasteiger partial charge in [-0.05, 0) is 48.4 Å². The molecule has 1 saturated carbocycles. The molecule has 2 unspecified atom stereocenters. The molecule has 1 fully saturated rings. The fourth-order valence-corrected chi connectivity index (χ4v) is 3.92. The minimum absolute atomic E-state index is 0.279. The molecule has 1 aliphatic rings. The van der Waals surface area contributed by atoms with Crippen molar-refractivity contribution in [1.82, 2.24) is 21.3 Å². The molecule has 2 aromatic carbocycles. The second-order valence-corrected chi connectivity index (χ2v) is 7.94. The van der Waals surface area contributed by atoms with Gasteiger partial charge in [0.2, 0.25) is 0 Å². The number of thiocarbonyl (C=S) groups is 2. The average Bonchev–Trinajstić information content (AvgIpc) is 2.74. The Hall–Kier alpha value is -2.18. The van der Waals surface area contributed by atoms with Gasteiger partial charge in [-0.25, -0.2) is 0 Å². The van der Waals surface area contributed by atoms with Crippen molar-refractivity contribution in [2.75, 3.05) is 0 Å². The van der Waals surface area contributed by atoms with Crippen LogP contribution in [0.3, 0.4) is 0 Å². The number of hydrogen-bond donors (Lipinski definition) is 4. The molecule has 0 amide bonds. The monoisotopic (exact) mass is 412 g/mol. The lowest BCUT2D eigenvalue weighted by molar-refractivity contribution is 0.336. The lowest BCUT2D eigenvalue weighted by Gasteiger charge is -2.34. The minimum Gasteiger partial charge on any atom is -0.359 e. The zero-order valence-corrected chi connectivity index (χ0v) is 17.6. The molecule has 0 heterocycles. The first-order chi connectivity index (χ1) is 13.7. The van der Waals surface area contributed by atoms with Gasteiger partial charge in [0.1, 0.15) is 0 Å². The zero-order valence-electron chi connectivity index (χ0n) is 16.0. The molecule has 6 heteroatoms. The summed E-state index contributed by atoms with van der Waals surface area (Å²) in [5, 5.41) is 15.0. The summed E-state index contributed by atoms with van der Waals surface area (Å²) in [6.45, 7) is 1.46. The van der Waals surface area contributed by atoms with E-state index in [9.17, 15) is 0 Å². The lowest BCUT2D eigenvalue weighted by atomic mass is 9.90. The molecular weight excluding hydrogens is 384 g/mol. The van der Waals surface area contributed by atoms with Crippen LogP contribution in [0.1, 0.15) is 36.8 Å². The average molecular weight is 413 g/mol. The van der Waals surface area contributed by atoms with Gasteiger partial charge in [0.25, 0.3) is 0 Å². The molecule has 0 aliphatic heterocycles. The summed E-state index contributed by atoms with van der Waals surface area (Å²) >= 11 is 11.0. The first-order valence-corrected chi connectivity index (χ1v) is 10.7. The predicted octanol–water partition coefficient (Wildman–Crippen LogP) is 3.63. The molecule has 28 heavy (non-hydrogen) atoms. The molecule has 4 nitrogen and oxygen atoms in total. The maximum Gasteiger partial charge on any atom is 0.166 e. The molecule has 1 aliphatic carbocycles. The van der Waals surface area contributed by atoms with Crippen molar-refractivity contribution in [1.29, 1.82) is 0 Å². The van der Waals surface area contributed by atoms with Gasteiger partial charge in [-0.15, -0.1) is 0 Å². The topological polar surface area (TPSA) is 48.1 Å². The van der Waals surface area contributed by atoms with Crippen LogP contribution in [0.25, 0.3) is 0 Å². The number of rotatable bonds is 6. The van der Waals surface area contributed by atoms with Crippen molar-refractivity contribution in [2.45, 2.75) is 50.9 Å². The molecule has 148 valence electrons. The Morgan fingerprint density at radius 3 is 1.46 bits per heavy atom. The highest BCUT2D eigenvalue weighted by Crippen LogP contribution is 2.18. The molecular formula is C22H28N4S2. The third-order valence-corrected chi connectivity index (χ3v) is 5.52. The molecule has 2 atom stereocenters. The zero-order chi connectivity index (χ0) is 19.6. The normalized spacial score (nSPS) is 18.7. The highest BCUT2D eigenvalue weighted by Gasteiger charge is 2.26. The van der Waals surface area contributed by atoms with Gasteiger partial charge in [-0.1, -0.05) is 73.5 Å². The molecule has 0 bridgehead atoms. The summed E-state index contributed by atoms with van der Waals surface area (Å²) in [6, 6.07) is 21.1. The second kappa shape index (κ2) is 11.0. The van der Waals surface area contributed by atoms with E-state index >= 15 is 0 Å². The first-order valence-electron chi connectivity index (χ1n) is 9.87. The van der Waals surface area contributed by atoms with Gasteiger partial charge in [0, 0.05) is 25.2 Å². The summed E-state index contributed by atoms with van der Waals surface area (Å²) in [7, 11) is 0. The quantitative estimate of drug-likeness (QED) is 0.544. The van der Waals surface area contributed by atoms with Gasteiger partial charge >= 0.3 is 0 Å². The highest BCUT2D eigenvalue weighted by molar-refractivity contribution is 7.80. The summed E-state index contributed by atoms with van der Waals surface area (Å²) < 4.78 is 0. The highest BCUT2D eigenvalue weighted by atomic mass is 32.1. The third-order valence-electron chi connectivity index (χ3n) is 4.99. The molecule has 3 rings (SSSR count). The van der Waals surface area contributed by atoms with Crippen LogP contribution in [0, 0.1) is 0 Å². The van der Waals surface area contributed by atoms with E-state index in [0.29, 0.717) is 10.2 Å². The molecule has 0 spiro atoms. The smallest absolute Gasteiger partial charge is 0.166 e. The Bertz CT molecular complexity index is 686. The van der Waals surface area contributed by atoms with E-state index in [-0.39, 0.29) is 12.1 Å². The Labute approximate surface area is 178 Å². The maximum absolute atomic E-state index is 5.52. The van der Waals surface area contributed by atoms with E-state index in [1.54, 1.807) is 0 Å². The summed E-state index contributed by atoms with van der Waals surface area (Å²) in [4.78, 5) is 0. The lowest BCUT2D eigenvalue weighted by Crippen LogP contribution is -2.56. The van der Waals surface area contributed by atoms with E-state index in [1.807, 2.05) is 36.4 Å². The Morgan fingerprint density at radius 1 is 0.679 bits per heavy atom. The fourth-order valence-electron chi connectivity index (χ4n) is 3.47. The number of benzene rings is 2. The molecule has 0 aromatic heterocycles. The largest absolute Gasteiger partial charge is 0.359 e. The van der Waals surface area contributed by atoms with E-state index in [1.165, 1.54) is 24.0 Å². The van der Waals surface area contributed by atoms with Crippen LogP contribution in [0.2, 0.25) is 0 Å². The number of hydrogen-bond acceptors (Lipinski definition) is 2. The van der Waals surface area contributed by atoms with E-state index in [0.717, 1.165) is 25.9 Å². The Morgan fingerprint density at radius 2 is 1.07 bits per heavy atom. The minimum atomic E-state index is 0.279. The third kappa shape index (κ3) is 6.77. The van der Waals surface area contributed by atoms with Crippen LogP contribution in [0.4, 0.5) is 0 Å². The summed E-state index contributed by atoms with van der Waals surface area (Å²) in [5.74, 6) is 0. The summed E-state index contributed by atoms with van der Waals surface area (Å²) in [6.07, 6.45) is 4.60. The van der Waals surface area contributed by atoms with Crippen LogP contribution < -0.4 is 21.3 Å². The first kappa shape index (κ1) is 20.6. The molecule has 0 radical (unpaired) electrons. The second-order valence-electron chi connectivity index (χ2n) is 7.12. The molecule has 2 aromatic rings. The van der Waals surface area contributed by atoms with Crippen LogP contribution in [-0.2, 0) is 13.1 Å². The fraction of sp³-hybridized carbons (Fsp3) is 0.364. The van der Waals surface area contributed by atoms with Gasteiger partial charge < -0.3 is 21.3 Å². The number of nitrogens with one attached hydrogen (secondary N) is 4. The van der Waals surface area contributed by atoms with Crippen molar-refractivity contribution >= 4 is 34.7 Å². The summed E-state index contributed by atoms with van der Waals surface area (Å²) in [5.41, 5.74) is 2.44. The van der Waals surface area contributed by atoms with E-state index in [2.05, 4.69) is 45.5 Å². The standard InChI is InChI=1S/C22H28N4S2/c27-21(23-15-17-9-3-1-4-10-17)25-19-13-7-8-14-20(19)26-22(28)24-16-18-11-5-2-6-12-18/h1-6,9-12,19-20H,7-8,13-16H2,(H2,23,25,27)(H2,24,26,28). The van der Waals surface area contributed by atoms with E-state index in [4.69, 9.17) is 24.4 Å². The van der Waals surface area contributed by atoms with Gasteiger partial charge in [0.05, 0.1) is 0 Å².